The van der Waals surface area contributed by atoms with Crippen LogP contribution in [0.15, 0.2) is 24.3 Å². The number of carbonyl (C=O) groups is 1. The van der Waals surface area contributed by atoms with Gasteiger partial charge in [0.15, 0.2) is 0 Å². The van der Waals surface area contributed by atoms with Gasteiger partial charge in [-0.3, -0.25) is 9.69 Å². The Kier molecular flexibility index (Phi) is 3.93. The second-order valence-corrected chi connectivity index (χ2v) is 4.73. The highest BCUT2D eigenvalue weighted by atomic mass is 19.1. The molecule has 18 heavy (non-hydrogen) atoms. The average molecular weight is 252 g/mol. The summed E-state index contributed by atoms with van der Waals surface area (Å²) >= 11 is 0. The maximum absolute atomic E-state index is 12.8. The Morgan fingerprint density at radius 2 is 2.17 bits per heavy atom. The largest absolute Gasteiger partial charge is 0.480 e. The summed E-state index contributed by atoms with van der Waals surface area (Å²) in [6.45, 7) is 1.37. The number of nitrogens with zero attached hydrogens (tertiary/aromatic N) is 1. The zero-order valence-electron chi connectivity index (χ0n) is 10.3. The van der Waals surface area contributed by atoms with Crippen molar-refractivity contribution in [3.05, 3.63) is 35.6 Å². The molecule has 0 aromatic heterocycles. The third-order valence-corrected chi connectivity index (χ3v) is 3.37. The lowest BCUT2D eigenvalue weighted by atomic mass is 10.1. The van der Waals surface area contributed by atoms with Gasteiger partial charge in [-0.05, 0) is 31.2 Å². The van der Waals surface area contributed by atoms with Crippen molar-refractivity contribution in [2.75, 3.05) is 13.6 Å². The molecule has 0 aliphatic carbocycles. The van der Waals surface area contributed by atoms with Gasteiger partial charge in [0, 0.05) is 19.1 Å². The van der Waals surface area contributed by atoms with Crippen molar-refractivity contribution >= 4 is 5.97 Å². The Hall–Kier alpha value is -1.46. The molecule has 1 fully saturated rings. The molecule has 2 N–H and O–H groups in total. The number of nitrogens with one attached hydrogen (secondary N) is 1. The van der Waals surface area contributed by atoms with Crippen LogP contribution in [0.25, 0.3) is 0 Å². The van der Waals surface area contributed by atoms with Crippen molar-refractivity contribution in [3.8, 4) is 0 Å². The van der Waals surface area contributed by atoms with E-state index in [0.29, 0.717) is 19.5 Å². The summed E-state index contributed by atoms with van der Waals surface area (Å²) in [5.74, 6) is -1.04. The van der Waals surface area contributed by atoms with E-state index in [1.807, 2.05) is 7.05 Å². The van der Waals surface area contributed by atoms with Gasteiger partial charge in [-0.1, -0.05) is 12.1 Å². The molecular formula is C13H17FN2O2. The fourth-order valence-electron chi connectivity index (χ4n) is 2.25. The quantitative estimate of drug-likeness (QED) is 0.841. The molecule has 2 atom stereocenters. The summed E-state index contributed by atoms with van der Waals surface area (Å²) in [6, 6.07) is 6.14. The molecule has 98 valence electrons. The number of hydrogen-bond donors (Lipinski definition) is 2. The molecule has 0 bridgehead atoms. The molecule has 1 aliphatic rings. The summed E-state index contributed by atoms with van der Waals surface area (Å²) in [7, 11) is 1.96. The third-order valence-electron chi connectivity index (χ3n) is 3.37. The highest BCUT2D eigenvalue weighted by molar-refractivity contribution is 5.73. The van der Waals surface area contributed by atoms with E-state index in [1.54, 1.807) is 12.1 Å². The summed E-state index contributed by atoms with van der Waals surface area (Å²) < 4.78 is 12.8. The van der Waals surface area contributed by atoms with E-state index in [1.165, 1.54) is 12.1 Å². The minimum absolute atomic E-state index is 0.205. The first-order valence-corrected chi connectivity index (χ1v) is 5.97. The lowest BCUT2D eigenvalue weighted by Crippen LogP contribution is -2.32. The minimum Gasteiger partial charge on any atom is -0.480 e. The fourth-order valence-corrected chi connectivity index (χ4v) is 2.25. The molecule has 5 heteroatoms. The Morgan fingerprint density at radius 3 is 2.72 bits per heavy atom. The van der Waals surface area contributed by atoms with E-state index in [4.69, 9.17) is 5.11 Å². The predicted octanol–water partition coefficient (Wildman–Crippen LogP) is 1.07. The van der Waals surface area contributed by atoms with Gasteiger partial charge in [0.1, 0.15) is 11.9 Å². The molecule has 1 aromatic carbocycles. The van der Waals surface area contributed by atoms with Crippen molar-refractivity contribution in [1.82, 2.24) is 10.2 Å². The molecule has 2 rings (SSSR count). The van der Waals surface area contributed by atoms with E-state index >= 15 is 0 Å². The van der Waals surface area contributed by atoms with Crippen molar-refractivity contribution in [2.24, 2.45) is 0 Å². The second kappa shape index (κ2) is 5.46. The summed E-state index contributed by atoms with van der Waals surface area (Å²) in [5.41, 5.74) is 1.03. The lowest BCUT2D eigenvalue weighted by molar-refractivity contribution is -0.139. The number of aliphatic carboxylic acids is 1. The predicted molar refractivity (Wildman–Crippen MR) is 65.7 cm³/mol. The summed E-state index contributed by atoms with van der Waals surface area (Å²) in [6.07, 6.45) is 0.604. The van der Waals surface area contributed by atoms with Crippen LogP contribution in [0.5, 0.6) is 0 Å². The van der Waals surface area contributed by atoms with E-state index < -0.39 is 12.0 Å². The maximum atomic E-state index is 12.8. The smallest absolute Gasteiger partial charge is 0.320 e. The molecule has 1 aliphatic heterocycles. The fraction of sp³-hybridized carbons (Fsp3) is 0.462. The number of carboxylic acids is 1. The first kappa shape index (κ1) is 13.0. The van der Waals surface area contributed by atoms with Gasteiger partial charge in [-0.2, -0.15) is 0 Å². The van der Waals surface area contributed by atoms with Crippen LogP contribution in [0, 0.1) is 5.82 Å². The molecule has 0 spiro atoms. The molecular weight excluding hydrogens is 235 g/mol. The molecule has 1 saturated heterocycles. The third kappa shape index (κ3) is 3.05. The Bertz CT molecular complexity index is 422. The van der Waals surface area contributed by atoms with Gasteiger partial charge in [-0.15, -0.1) is 0 Å². The second-order valence-electron chi connectivity index (χ2n) is 4.73. The van der Waals surface area contributed by atoms with E-state index in [0.717, 1.165) is 5.56 Å². The summed E-state index contributed by atoms with van der Waals surface area (Å²) in [5, 5.41) is 11.9. The van der Waals surface area contributed by atoms with Gasteiger partial charge in [-0.25, -0.2) is 4.39 Å². The zero-order chi connectivity index (χ0) is 13.1. The van der Waals surface area contributed by atoms with Crippen molar-refractivity contribution in [3.63, 3.8) is 0 Å². The topological polar surface area (TPSA) is 52.6 Å². The lowest BCUT2D eigenvalue weighted by Gasteiger charge is -2.23. The average Bonchev–Trinajstić information content (AvgIpc) is 2.81. The van der Waals surface area contributed by atoms with Gasteiger partial charge in [0.2, 0.25) is 0 Å². The normalized spacial score (nSPS) is 23.5. The van der Waals surface area contributed by atoms with E-state index in [-0.39, 0.29) is 11.9 Å². The number of benzene rings is 1. The number of halogens is 1. The van der Waals surface area contributed by atoms with Crippen LogP contribution in [0.3, 0.4) is 0 Å². The molecule has 0 radical (unpaired) electrons. The van der Waals surface area contributed by atoms with E-state index in [2.05, 4.69) is 10.2 Å². The van der Waals surface area contributed by atoms with Gasteiger partial charge < -0.3 is 10.4 Å². The molecule has 0 amide bonds. The van der Waals surface area contributed by atoms with Crippen LogP contribution < -0.4 is 5.32 Å². The highest BCUT2D eigenvalue weighted by Crippen LogP contribution is 2.15. The SMILES string of the molecule is CN(Cc1ccc(F)cc1)C1CNC(C(=O)O)C1. The Balaban J connectivity index is 1.91. The van der Waals surface area contributed by atoms with E-state index in [9.17, 15) is 9.18 Å². The standard InChI is InChI=1S/C13H17FN2O2/c1-16(8-9-2-4-10(14)5-3-9)11-6-12(13(17)18)15-7-11/h2-5,11-12,15H,6-8H2,1H3,(H,17,18). The van der Waals surface area contributed by atoms with Gasteiger partial charge in [0.05, 0.1) is 0 Å². The van der Waals surface area contributed by atoms with Crippen molar-refractivity contribution < 1.29 is 14.3 Å². The minimum atomic E-state index is -0.798. The molecule has 4 nitrogen and oxygen atoms in total. The Morgan fingerprint density at radius 1 is 1.50 bits per heavy atom. The monoisotopic (exact) mass is 252 g/mol. The molecule has 1 aromatic rings. The first-order chi connectivity index (χ1) is 8.56. The van der Waals surface area contributed by atoms with Crippen molar-refractivity contribution in [1.29, 1.82) is 0 Å². The first-order valence-electron chi connectivity index (χ1n) is 5.97. The number of likely N-dealkylation sites (N-methyl/N-ethyl adjacent to an activating group) is 1. The zero-order valence-corrected chi connectivity index (χ0v) is 10.3. The van der Waals surface area contributed by atoms with Crippen LogP contribution in [0.4, 0.5) is 4.39 Å². The Labute approximate surface area is 105 Å². The maximum Gasteiger partial charge on any atom is 0.320 e. The van der Waals surface area contributed by atoms with Crippen LogP contribution >= 0.6 is 0 Å². The number of rotatable bonds is 4. The number of hydrogen-bond acceptors (Lipinski definition) is 3. The van der Waals surface area contributed by atoms with Crippen LogP contribution in [-0.4, -0.2) is 41.7 Å². The van der Waals surface area contributed by atoms with Crippen LogP contribution in [0.1, 0.15) is 12.0 Å². The van der Waals surface area contributed by atoms with Gasteiger partial charge in [0.25, 0.3) is 0 Å². The number of carboxylic acid groups (broad SMARTS) is 1. The van der Waals surface area contributed by atoms with Crippen LogP contribution in [-0.2, 0) is 11.3 Å². The molecule has 1 heterocycles. The van der Waals surface area contributed by atoms with Crippen LogP contribution in [0.2, 0.25) is 0 Å². The highest BCUT2D eigenvalue weighted by Gasteiger charge is 2.31. The molecule has 0 saturated carbocycles. The van der Waals surface area contributed by atoms with Gasteiger partial charge >= 0.3 is 5.97 Å². The summed E-state index contributed by atoms with van der Waals surface area (Å²) in [4.78, 5) is 12.9. The molecule has 2 unspecified atom stereocenters. The van der Waals surface area contributed by atoms with Crippen molar-refractivity contribution in [2.45, 2.75) is 25.0 Å².